The fourth-order valence-corrected chi connectivity index (χ4v) is 5.45. The maximum Gasteiger partial charge on any atom is 0.416 e. The summed E-state index contributed by atoms with van der Waals surface area (Å²) in [5.74, 6) is 0. The summed E-state index contributed by atoms with van der Waals surface area (Å²) in [5.41, 5.74) is -0.389. The van der Waals surface area contributed by atoms with Gasteiger partial charge in [-0.25, -0.2) is 13.2 Å². The van der Waals surface area contributed by atoms with E-state index in [4.69, 9.17) is 4.42 Å². The molecule has 0 amide bonds. The second-order valence-electron chi connectivity index (χ2n) is 8.00. The number of alkyl halides is 3. The summed E-state index contributed by atoms with van der Waals surface area (Å²) in [7, 11) is -3.91. The number of nitrogens with zero attached hydrogens (tertiary/aromatic N) is 4. The molecule has 0 unspecified atom stereocenters. The monoisotopic (exact) mass is 492 g/mol. The number of para-hydroxylation sites is 1. The molecule has 2 aromatic carbocycles. The number of halogens is 3. The molecule has 0 radical (unpaired) electrons. The predicted octanol–water partition coefficient (Wildman–Crippen LogP) is 3.13. The smallest absolute Gasteiger partial charge is 0.416 e. The maximum atomic E-state index is 12.9. The normalized spacial score (nSPS) is 16.4. The summed E-state index contributed by atoms with van der Waals surface area (Å²) < 4.78 is 72.2. The Labute approximate surface area is 191 Å². The molecule has 0 aliphatic carbocycles. The van der Waals surface area contributed by atoms with E-state index < -0.39 is 27.4 Å². The lowest BCUT2D eigenvalue weighted by molar-refractivity contribution is -0.137. The van der Waals surface area contributed by atoms with Crippen molar-refractivity contribution in [1.82, 2.24) is 19.0 Å². The Morgan fingerprint density at radius 2 is 1.62 bits per heavy atom. The van der Waals surface area contributed by atoms with Crippen molar-refractivity contribution < 1.29 is 26.0 Å². The van der Waals surface area contributed by atoms with Gasteiger partial charge in [-0.15, -0.1) is 0 Å². The SMILES string of the molecule is O=c1oc2ccccc2c2nn(CN3CCN(S(=O)(=O)c4ccc(C(F)(F)F)cc4)CC3)cc12. The summed E-state index contributed by atoms with van der Waals surface area (Å²) in [4.78, 5) is 14.1. The molecule has 1 aliphatic rings. The number of benzene rings is 2. The van der Waals surface area contributed by atoms with Gasteiger partial charge in [-0.2, -0.15) is 22.6 Å². The third kappa shape index (κ3) is 4.08. The van der Waals surface area contributed by atoms with E-state index in [0.29, 0.717) is 36.2 Å². The molecule has 1 saturated heterocycles. The Kier molecular flexibility index (Phi) is 5.46. The van der Waals surface area contributed by atoms with Crippen LogP contribution in [0.15, 0.2) is 68.8 Å². The molecule has 8 nitrogen and oxygen atoms in total. The van der Waals surface area contributed by atoms with E-state index in [1.165, 1.54) is 4.31 Å². The third-order valence-electron chi connectivity index (χ3n) is 5.82. The van der Waals surface area contributed by atoms with Crippen LogP contribution in [0.25, 0.3) is 21.9 Å². The molecule has 0 N–H and O–H groups in total. The van der Waals surface area contributed by atoms with E-state index in [2.05, 4.69) is 5.10 Å². The fourth-order valence-electron chi connectivity index (χ4n) is 4.03. The highest BCUT2D eigenvalue weighted by atomic mass is 32.2. The summed E-state index contributed by atoms with van der Waals surface area (Å²) in [6, 6.07) is 10.6. The largest absolute Gasteiger partial charge is 0.422 e. The minimum atomic E-state index is -4.53. The van der Waals surface area contributed by atoms with Crippen LogP contribution in [0.1, 0.15) is 5.56 Å². The summed E-state index contributed by atoms with van der Waals surface area (Å²) in [5, 5.41) is 5.62. The van der Waals surface area contributed by atoms with Gasteiger partial charge in [0.05, 0.1) is 17.1 Å². The standard InChI is InChI=1S/C22H19F3N4O4S/c23-22(24,25)15-5-7-16(8-6-15)34(31,32)29-11-9-27(10-12-29)14-28-13-18-20(26-28)17-3-1-2-4-19(17)33-21(18)30/h1-8,13H,9-12,14H2. The minimum Gasteiger partial charge on any atom is -0.422 e. The molecule has 178 valence electrons. The highest BCUT2D eigenvalue weighted by Crippen LogP contribution is 2.30. The Morgan fingerprint density at radius 3 is 2.29 bits per heavy atom. The van der Waals surface area contributed by atoms with Crippen molar-refractivity contribution >= 4 is 31.9 Å². The van der Waals surface area contributed by atoms with Gasteiger partial charge in [0, 0.05) is 37.8 Å². The lowest BCUT2D eigenvalue weighted by atomic mass is 10.2. The molecular weight excluding hydrogens is 473 g/mol. The zero-order chi connectivity index (χ0) is 24.1. The second-order valence-corrected chi connectivity index (χ2v) is 9.94. The van der Waals surface area contributed by atoms with Crippen LogP contribution in [-0.2, 0) is 22.9 Å². The van der Waals surface area contributed by atoms with Crippen LogP contribution in [0.3, 0.4) is 0 Å². The maximum absolute atomic E-state index is 12.9. The molecular formula is C22H19F3N4O4S. The van der Waals surface area contributed by atoms with Crippen molar-refractivity contribution in [1.29, 1.82) is 0 Å². The molecule has 3 heterocycles. The highest BCUT2D eigenvalue weighted by Gasteiger charge is 2.32. The first-order chi connectivity index (χ1) is 16.1. The molecule has 4 aromatic rings. The van der Waals surface area contributed by atoms with E-state index in [1.807, 2.05) is 17.0 Å². The lowest BCUT2D eigenvalue weighted by Crippen LogP contribution is -2.48. The number of hydrogen-bond donors (Lipinski definition) is 0. The molecule has 1 fully saturated rings. The quantitative estimate of drug-likeness (QED) is 0.407. The van der Waals surface area contributed by atoms with Crippen molar-refractivity contribution in [2.24, 2.45) is 0 Å². The van der Waals surface area contributed by atoms with Crippen LogP contribution in [0.5, 0.6) is 0 Å². The molecule has 12 heteroatoms. The first-order valence-corrected chi connectivity index (χ1v) is 11.9. The van der Waals surface area contributed by atoms with Crippen LogP contribution in [-0.4, -0.2) is 53.6 Å². The topological polar surface area (TPSA) is 88.7 Å². The zero-order valence-electron chi connectivity index (χ0n) is 17.7. The van der Waals surface area contributed by atoms with Gasteiger partial charge in [0.15, 0.2) is 0 Å². The number of rotatable bonds is 4. The molecule has 1 aliphatic heterocycles. The van der Waals surface area contributed by atoms with Gasteiger partial charge in [-0.05, 0) is 36.4 Å². The highest BCUT2D eigenvalue weighted by molar-refractivity contribution is 7.89. The zero-order valence-corrected chi connectivity index (χ0v) is 18.5. The lowest BCUT2D eigenvalue weighted by Gasteiger charge is -2.33. The summed E-state index contributed by atoms with van der Waals surface area (Å²) >= 11 is 0. The fraction of sp³-hybridized carbons (Fsp3) is 0.273. The molecule has 0 spiro atoms. The molecule has 0 bridgehead atoms. The van der Waals surface area contributed by atoms with Crippen molar-refractivity contribution in [3.63, 3.8) is 0 Å². The van der Waals surface area contributed by atoms with Gasteiger partial charge in [0.25, 0.3) is 0 Å². The van der Waals surface area contributed by atoms with Crippen molar-refractivity contribution in [2.75, 3.05) is 26.2 Å². The molecule has 0 atom stereocenters. The van der Waals surface area contributed by atoms with Gasteiger partial charge in [-0.3, -0.25) is 9.58 Å². The summed E-state index contributed by atoms with van der Waals surface area (Å²) in [6.45, 7) is 1.48. The van der Waals surface area contributed by atoms with Gasteiger partial charge in [0.1, 0.15) is 16.5 Å². The first-order valence-electron chi connectivity index (χ1n) is 10.4. The Bertz CT molecular complexity index is 1520. The van der Waals surface area contributed by atoms with Crippen molar-refractivity contribution in [2.45, 2.75) is 17.7 Å². The summed E-state index contributed by atoms with van der Waals surface area (Å²) in [6.07, 6.45) is -2.92. The average molecular weight is 492 g/mol. The van der Waals surface area contributed by atoms with E-state index in [9.17, 15) is 26.4 Å². The van der Waals surface area contributed by atoms with E-state index in [1.54, 1.807) is 23.0 Å². The van der Waals surface area contributed by atoms with Crippen molar-refractivity contribution in [3.8, 4) is 0 Å². The number of sulfonamides is 1. The Hall–Kier alpha value is -3.22. The number of hydrogen-bond acceptors (Lipinski definition) is 6. The van der Waals surface area contributed by atoms with E-state index in [0.717, 1.165) is 29.7 Å². The van der Waals surface area contributed by atoms with Gasteiger partial charge >= 0.3 is 11.8 Å². The number of piperazine rings is 1. The van der Waals surface area contributed by atoms with Crippen LogP contribution in [0, 0.1) is 0 Å². The van der Waals surface area contributed by atoms with Crippen LogP contribution in [0.4, 0.5) is 13.2 Å². The molecule has 34 heavy (non-hydrogen) atoms. The number of aromatic nitrogens is 2. The third-order valence-corrected chi connectivity index (χ3v) is 7.73. The molecule has 2 aromatic heterocycles. The molecule has 0 saturated carbocycles. The van der Waals surface area contributed by atoms with Crippen molar-refractivity contribution in [3.05, 3.63) is 70.7 Å². The van der Waals surface area contributed by atoms with Gasteiger partial charge in [0.2, 0.25) is 10.0 Å². The average Bonchev–Trinajstić information content (AvgIpc) is 3.24. The Morgan fingerprint density at radius 1 is 0.941 bits per heavy atom. The van der Waals surface area contributed by atoms with Crippen LogP contribution in [0.2, 0.25) is 0 Å². The van der Waals surface area contributed by atoms with E-state index >= 15 is 0 Å². The van der Waals surface area contributed by atoms with Crippen LogP contribution >= 0.6 is 0 Å². The predicted molar refractivity (Wildman–Crippen MR) is 118 cm³/mol. The minimum absolute atomic E-state index is 0.175. The van der Waals surface area contributed by atoms with E-state index in [-0.39, 0.29) is 18.0 Å². The van der Waals surface area contributed by atoms with Crippen LogP contribution < -0.4 is 5.63 Å². The molecule has 5 rings (SSSR count). The first kappa shape index (κ1) is 22.6. The van der Waals surface area contributed by atoms with Gasteiger partial charge < -0.3 is 4.42 Å². The Balaban J connectivity index is 1.29. The van der Waals surface area contributed by atoms with Gasteiger partial charge in [-0.1, -0.05) is 12.1 Å². The second kappa shape index (κ2) is 8.22. The number of fused-ring (bicyclic) bond motifs is 3.